The van der Waals surface area contributed by atoms with E-state index in [2.05, 4.69) is 19.2 Å². The van der Waals surface area contributed by atoms with E-state index in [1.807, 2.05) is 32.0 Å². The first-order valence-corrected chi connectivity index (χ1v) is 9.94. The van der Waals surface area contributed by atoms with Gasteiger partial charge in [-0.2, -0.15) is 0 Å². The molecule has 0 aliphatic carbocycles. The fraction of sp³-hybridized carbons (Fsp3) is 0.500. The maximum Gasteiger partial charge on any atom is 0.307 e. The number of nitrogens with one attached hydrogen (secondary N) is 1. The van der Waals surface area contributed by atoms with Gasteiger partial charge in [0.15, 0.2) is 11.5 Å². The molecule has 1 amide bonds. The molecule has 0 spiro atoms. The lowest BCUT2D eigenvalue weighted by Crippen LogP contribution is -2.28. The van der Waals surface area contributed by atoms with Crippen LogP contribution in [0.1, 0.15) is 44.5 Å². The van der Waals surface area contributed by atoms with E-state index in [0.717, 1.165) is 22.6 Å². The Morgan fingerprint density at radius 1 is 1.26 bits per heavy atom. The number of hydrogen-bond acceptors (Lipinski definition) is 5. The van der Waals surface area contributed by atoms with Crippen LogP contribution in [0.5, 0.6) is 11.5 Å². The van der Waals surface area contributed by atoms with E-state index < -0.39 is 0 Å². The second-order valence-corrected chi connectivity index (χ2v) is 7.77. The molecule has 2 rings (SSSR count). The summed E-state index contributed by atoms with van der Waals surface area (Å²) >= 11 is 1.15. The van der Waals surface area contributed by atoms with Gasteiger partial charge in [-0.1, -0.05) is 31.3 Å². The van der Waals surface area contributed by atoms with Gasteiger partial charge in [-0.3, -0.25) is 9.59 Å². The molecule has 0 bridgehead atoms. The van der Waals surface area contributed by atoms with Crippen molar-refractivity contribution in [2.24, 2.45) is 5.92 Å². The molecule has 1 aromatic heterocycles. The van der Waals surface area contributed by atoms with Gasteiger partial charge in [-0.05, 0) is 37.5 Å². The highest BCUT2D eigenvalue weighted by molar-refractivity contribution is 7.07. The number of carbonyl (C=O) groups excluding carboxylic acids is 1. The SMILES string of the molecule is COc1cc(C(C)NC(=O)CCn2c(C)csc2=O)ccc1OCC(C)C. The second kappa shape index (κ2) is 9.60. The molecule has 7 heteroatoms. The van der Waals surface area contributed by atoms with Crippen LogP contribution in [0.25, 0.3) is 0 Å². The zero-order valence-corrected chi connectivity index (χ0v) is 17.4. The molecule has 27 heavy (non-hydrogen) atoms. The number of ether oxygens (including phenoxy) is 2. The van der Waals surface area contributed by atoms with E-state index in [9.17, 15) is 9.59 Å². The number of carbonyl (C=O) groups is 1. The Bertz CT molecular complexity index is 826. The zero-order valence-electron chi connectivity index (χ0n) is 16.6. The molecule has 6 nitrogen and oxygen atoms in total. The van der Waals surface area contributed by atoms with Gasteiger partial charge in [0.05, 0.1) is 19.8 Å². The van der Waals surface area contributed by atoms with Crippen molar-refractivity contribution in [3.63, 3.8) is 0 Å². The summed E-state index contributed by atoms with van der Waals surface area (Å²) in [6.07, 6.45) is 0.258. The molecule has 0 fully saturated rings. The summed E-state index contributed by atoms with van der Waals surface area (Å²) in [6.45, 7) is 8.96. The van der Waals surface area contributed by atoms with E-state index in [-0.39, 0.29) is 23.2 Å². The van der Waals surface area contributed by atoms with Crippen LogP contribution in [0.4, 0.5) is 0 Å². The van der Waals surface area contributed by atoms with Crippen LogP contribution in [-0.4, -0.2) is 24.2 Å². The van der Waals surface area contributed by atoms with Crippen molar-refractivity contribution in [2.75, 3.05) is 13.7 Å². The quantitative estimate of drug-likeness (QED) is 0.709. The predicted octanol–water partition coefficient (Wildman–Crippen LogP) is 3.53. The van der Waals surface area contributed by atoms with Crippen LogP contribution in [0.15, 0.2) is 28.4 Å². The summed E-state index contributed by atoms with van der Waals surface area (Å²) in [5.74, 6) is 1.67. The van der Waals surface area contributed by atoms with Crippen molar-refractivity contribution in [2.45, 2.75) is 46.7 Å². The Labute approximate surface area is 164 Å². The Kier molecular flexibility index (Phi) is 7.47. The Hall–Kier alpha value is -2.28. The highest BCUT2D eigenvalue weighted by Gasteiger charge is 2.14. The number of methoxy groups -OCH3 is 1. The standard InChI is InChI=1S/C20H28N2O4S/c1-13(2)11-26-17-7-6-16(10-18(17)25-5)15(4)21-19(23)8-9-22-14(3)12-27-20(22)24/h6-7,10,12-13,15H,8-9,11H2,1-5H3,(H,21,23). The van der Waals surface area contributed by atoms with Crippen molar-refractivity contribution in [1.29, 1.82) is 0 Å². The fourth-order valence-electron chi connectivity index (χ4n) is 2.61. The molecule has 0 saturated carbocycles. The predicted molar refractivity (Wildman–Crippen MR) is 108 cm³/mol. The minimum atomic E-state index is -0.175. The molecule has 148 valence electrons. The van der Waals surface area contributed by atoms with Crippen molar-refractivity contribution < 1.29 is 14.3 Å². The number of nitrogens with zero attached hydrogens (tertiary/aromatic N) is 1. The number of thiazole rings is 1. The summed E-state index contributed by atoms with van der Waals surface area (Å²) in [4.78, 5) is 24.0. The van der Waals surface area contributed by atoms with Gasteiger partial charge in [-0.25, -0.2) is 0 Å². The molecule has 1 aromatic carbocycles. The minimum Gasteiger partial charge on any atom is -0.493 e. The lowest BCUT2D eigenvalue weighted by atomic mass is 10.1. The number of rotatable bonds is 9. The van der Waals surface area contributed by atoms with Crippen LogP contribution in [0.2, 0.25) is 0 Å². The number of aromatic nitrogens is 1. The van der Waals surface area contributed by atoms with Gasteiger partial charge in [0, 0.05) is 24.0 Å². The number of amides is 1. The summed E-state index contributed by atoms with van der Waals surface area (Å²) in [5.41, 5.74) is 1.81. The van der Waals surface area contributed by atoms with Crippen molar-refractivity contribution in [3.8, 4) is 11.5 Å². The molecule has 1 N–H and O–H groups in total. The smallest absolute Gasteiger partial charge is 0.307 e. The monoisotopic (exact) mass is 392 g/mol. The van der Waals surface area contributed by atoms with E-state index in [4.69, 9.17) is 9.47 Å². The molecule has 1 heterocycles. The minimum absolute atomic E-state index is 0.0323. The van der Waals surface area contributed by atoms with Gasteiger partial charge >= 0.3 is 4.87 Å². The van der Waals surface area contributed by atoms with E-state index >= 15 is 0 Å². The van der Waals surface area contributed by atoms with Gasteiger partial charge in [0.2, 0.25) is 5.91 Å². The molecule has 0 aliphatic heterocycles. The largest absolute Gasteiger partial charge is 0.493 e. The molecule has 1 atom stereocenters. The fourth-order valence-corrected chi connectivity index (χ4v) is 3.38. The first-order valence-electron chi connectivity index (χ1n) is 9.06. The third-order valence-corrected chi connectivity index (χ3v) is 5.06. The van der Waals surface area contributed by atoms with Crippen molar-refractivity contribution in [3.05, 3.63) is 44.5 Å². The highest BCUT2D eigenvalue weighted by Crippen LogP contribution is 2.30. The van der Waals surface area contributed by atoms with Crippen molar-refractivity contribution >= 4 is 17.2 Å². The van der Waals surface area contributed by atoms with E-state index in [1.54, 1.807) is 17.1 Å². The summed E-state index contributed by atoms with van der Waals surface area (Å²) in [5, 5.41) is 4.77. The normalized spacial score (nSPS) is 12.1. The molecule has 0 saturated heterocycles. The summed E-state index contributed by atoms with van der Waals surface area (Å²) < 4.78 is 12.8. The number of hydrogen-bond donors (Lipinski definition) is 1. The third-order valence-electron chi connectivity index (χ3n) is 4.18. The number of benzene rings is 1. The first-order chi connectivity index (χ1) is 12.8. The van der Waals surface area contributed by atoms with E-state index in [0.29, 0.717) is 30.6 Å². The Morgan fingerprint density at radius 3 is 2.59 bits per heavy atom. The van der Waals surface area contributed by atoms with Crippen LogP contribution in [-0.2, 0) is 11.3 Å². The summed E-state index contributed by atoms with van der Waals surface area (Å²) in [7, 11) is 1.60. The molecular weight excluding hydrogens is 364 g/mol. The van der Waals surface area contributed by atoms with Crippen molar-refractivity contribution in [1.82, 2.24) is 9.88 Å². The first kappa shape index (κ1) is 21.0. The molecule has 2 aromatic rings. The summed E-state index contributed by atoms with van der Waals surface area (Å²) in [6, 6.07) is 5.50. The maximum atomic E-state index is 12.3. The van der Waals surface area contributed by atoms with E-state index in [1.165, 1.54) is 0 Å². The Morgan fingerprint density at radius 2 is 2.00 bits per heavy atom. The second-order valence-electron chi connectivity index (χ2n) is 6.95. The van der Waals surface area contributed by atoms with Gasteiger partial charge < -0.3 is 19.4 Å². The van der Waals surface area contributed by atoms with Crippen LogP contribution < -0.4 is 19.7 Å². The lowest BCUT2D eigenvalue weighted by molar-refractivity contribution is -0.121. The average molecular weight is 393 g/mol. The molecule has 1 unspecified atom stereocenters. The van der Waals surface area contributed by atoms with Gasteiger partial charge in [0.1, 0.15) is 0 Å². The van der Waals surface area contributed by atoms with Crippen LogP contribution in [0.3, 0.4) is 0 Å². The molecule has 0 aliphatic rings. The third kappa shape index (κ3) is 5.85. The molecular formula is C20H28N2O4S. The topological polar surface area (TPSA) is 69.6 Å². The zero-order chi connectivity index (χ0) is 20.0. The highest BCUT2D eigenvalue weighted by atomic mass is 32.1. The average Bonchev–Trinajstić information content (AvgIpc) is 2.95. The molecule has 0 radical (unpaired) electrons. The maximum absolute atomic E-state index is 12.3. The van der Waals surface area contributed by atoms with Crippen LogP contribution >= 0.6 is 11.3 Å². The Balaban J connectivity index is 1.97. The number of aryl methyl sites for hydroxylation is 1. The van der Waals surface area contributed by atoms with Crippen LogP contribution in [0, 0.1) is 12.8 Å². The van der Waals surface area contributed by atoms with Gasteiger partial charge in [0.25, 0.3) is 0 Å². The van der Waals surface area contributed by atoms with Gasteiger partial charge in [-0.15, -0.1) is 0 Å². The lowest BCUT2D eigenvalue weighted by Gasteiger charge is -2.18.